The summed E-state index contributed by atoms with van der Waals surface area (Å²) in [6.07, 6.45) is -1.40. The molecule has 4 aromatic rings. The number of benzene rings is 3. The van der Waals surface area contributed by atoms with E-state index in [9.17, 15) is 13.2 Å². The van der Waals surface area contributed by atoms with Crippen LogP contribution in [0.15, 0.2) is 90.1 Å². The van der Waals surface area contributed by atoms with E-state index in [0.29, 0.717) is 12.4 Å². The molecule has 3 aromatic carbocycles. The SMILES string of the molecule is Cc1ccc(SNc2nccnc2-c2ccc(CN(C)c3ccc(OC(F)(F)F)cc3)cc2)cc1. The monoisotopic (exact) mass is 496 g/mol. The van der Waals surface area contributed by atoms with Gasteiger partial charge in [0, 0.05) is 42.1 Å². The maximum absolute atomic E-state index is 12.4. The Hall–Kier alpha value is -3.72. The molecule has 1 heterocycles. The van der Waals surface area contributed by atoms with Crippen molar-refractivity contribution in [1.82, 2.24) is 9.97 Å². The van der Waals surface area contributed by atoms with Gasteiger partial charge in [0.15, 0.2) is 5.82 Å². The van der Waals surface area contributed by atoms with Crippen molar-refractivity contribution in [3.8, 4) is 17.0 Å². The summed E-state index contributed by atoms with van der Waals surface area (Å²) in [5, 5.41) is 0. The number of nitrogens with one attached hydrogen (secondary N) is 1. The summed E-state index contributed by atoms with van der Waals surface area (Å²) in [5.74, 6) is 0.428. The Kier molecular flexibility index (Phi) is 7.45. The van der Waals surface area contributed by atoms with Gasteiger partial charge in [0.1, 0.15) is 11.4 Å². The van der Waals surface area contributed by atoms with Crippen LogP contribution in [0.2, 0.25) is 0 Å². The largest absolute Gasteiger partial charge is 0.573 e. The van der Waals surface area contributed by atoms with Crippen molar-refractivity contribution in [2.24, 2.45) is 0 Å². The molecule has 0 saturated carbocycles. The first-order valence-corrected chi connectivity index (χ1v) is 11.6. The van der Waals surface area contributed by atoms with E-state index in [1.165, 1.54) is 29.6 Å². The number of ether oxygens (including phenoxy) is 1. The van der Waals surface area contributed by atoms with Gasteiger partial charge in [0.05, 0.1) is 0 Å². The Morgan fingerprint density at radius 1 is 0.886 bits per heavy atom. The maximum atomic E-state index is 12.4. The minimum atomic E-state index is -4.70. The molecule has 0 aliphatic rings. The third-order valence-corrected chi connectivity index (χ3v) is 5.95. The first-order valence-electron chi connectivity index (χ1n) is 10.7. The first-order chi connectivity index (χ1) is 16.8. The molecule has 0 radical (unpaired) electrons. The third-order valence-electron chi connectivity index (χ3n) is 5.14. The summed E-state index contributed by atoms with van der Waals surface area (Å²) in [6.45, 7) is 2.63. The summed E-state index contributed by atoms with van der Waals surface area (Å²) in [5.41, 5.74) is 4.68. The van der Waals surface area contributed by atoms with Crippen LogP contribution in [0.4, 0.5) is 24.7 Å². The predicted molar refractivity (Wildman–Crippen MR) is 133 cm³/mol. The van der Waals surface area contributed by atoms with E-state index < -0.39 is 6.36 Å². The van der Waals surface area contributed by atoms with Gasteiger partial charge in [-0.25, -0.2) is 4.98 Å². The number of alkyl halides is 3. The average molecular weight is 497 g/mol. The zero-order chi connectivity index (χ0) is 24.8. The van der Waals surface area contributed by atoms with Gasteiger partial charge in [-0.3, -0.25) is 4.98 Å². The van der Waals surface area contributed by atoms with Crippen LogP contribution in [-0.4, -0.2) is 23.4 Å². The number of hydrogen-bond donors (Lipinski definition) is 1. The van der Waals surface area contributed by atoms with Gasteiger partial charge in [-0.1, -0.05) is 42.0 Å². The van der Waals surface area contributed by atoms with Crippen LogP contribution < -0.4 is 14.4 Å². The van der Waals surface area contributed by atoms with Crippen LogP contribution >= 0.6 is 11.9 Å². The minimum Gasteiger partial charge on any atom is -0.406 e. The second-order valence-electron chi connectivity index (χ2n) is 7.87. The number of nitrogens with zero attached hydrogens (tertiary/aromatic N) is 3. The fourth-order valence-electron chi connectivity index (χ4n) is 3.37. The summed E-state index contributed by atoms with van der Waals surface area (Å²) in [4.78, 5) is 12.0. The van der Waals surface area contributed by atoms with Crippen molar-refractivity contribution < 1.29 is 17.9 Å². The van der Waals surface area contributed by atoms with Crippen molar-refractivity contribution in [1.29, 1.82) is 0 Å². The molecular weight excluding hydrogens is 473 g/mol. The van der Waals surface area contributed by atoms with E-state index in [2.05, 4.69) is 31.6 Å². The summed E-state index contributed by atoms with van der Waals surface area (Å²) in [7, 11) is 1.88. The van der Waals surface area contributed by atoms with Crippen LogP contribution in [-0.2, 0) is 6.54 Å². The van der Waals surface area contributed by atoms with Gasteiger partial charge < -0.3 is 14.4 Å². The number of rotatable bonds is 8. The number of aryl methyl sites for hydroxylation is 1. The van der Waals surface area contributed by atoms with Crippen molar-refractivity contribution in [2.75, 3.05) is 16.7 Å². The Balaban J connectivity index is 1.41. The van der Waals surface area contributed by atoms with E-state index in [4.69, 9.17) is 0 Å². The molecule has 0 fully saturated rings. The lowest BCUT2D eigenvalue weighted by Gasteiger charge is -2.20. The molecule has 0 bridgehead atoms. The molecule has 35 heavy (non-hydrogen) atoms. The molecule has 0 unspecified atom stereocenters. The predicted octanol–water partition coefficient (Wildman–Crippen LogP) is 7.11. The maximum Gasteiger partial charge on any atom is 0.573 e. The fraction of sp³-hybridized carbons (Fsp3) is 0.154. The highest BCUT2D eigenvalue weighted by Gasteiger charge is 2.31. The number of aromatic nitrogens is 2. The van der Waals surface area contributed by atoms with E-state index in [-0.39, 0.29) is 5.75 Å². The highest BCUT2D eigenvalue weighted by molar-refractivity contribution is 8.00. The molecule has 0 aliphatic heterocycles. The quantitative estimate of drug-likeness (QED) is 0.263. The molecule has 180 valence electrons. The van der Waals surface area contributed by atoms with Crippen molar-refractivity contribution >= 4 is 23.5 Å². The second kappa shape index (κ2) is 10.7. The minimum absolute atomic E-state index is 0.243. The van der Waals surface area contributed by atoms with Crippen molar-refractivity contribution in [3.05, 3.63) is 96.3 Å². The van der Waals surface area contributed by atoms with Gasteiger partial charge in [-0.05, 0) is 60.8 Å². The van der Waals surface area contributed by atoms with Crippen LogP contribution in [0.25, 0.3) is 11.3 Å². The van der Waals surface area contributed by atoms with Crippen LogP contribution in [0.1, 0.15) is 11.1 Å². The zero-order valence-corrected chi connectivity index (χ0v) is 19.9. The van der Waals surface area contributed by atoms with Gasteiger partial charge in [-0.2, -0.15) is 0 Å². The smallest absolute Gasteiger partial charge is 0.406 e. The lowest BCUT2D eigenvalue weighted by atomic mass is 10.1. The number of anilines is 2. The van der Waals surface area contributed by atoms with Crippen molar-refractivity contribution in [3.63, 3.8) is 0 Å². The molecule has 0 atom stereocenters. The van der Waals surface area contributed by atoms with E-state index >= 15 is 0 Å². The topological polar surface area (TPSA) is 50.3 Å². The molecule has 4 rings (SSSR count). The highest BCUT2D eigenvalue weighted by atomic mass is 32.2. The molecular formula is C26H23F3N4OS. The Bertz CT molecular complexity index is 1250. The third kappa shape index (κ3) is 6.89. The normalized spacial score (nSPS) is 11.2. The number of halogens is 3. The van der Waals surface area contributed by atoms with E-state index in [1.807, 2.05) is 55.3 Å². The molecule has 1 N–H and O–H groups in total. The van der Waals surface area contributed by atoms with Crippen LogP contribution in [0.3, 0.4) is 0 Å². The van der Waals surface area contributed by atoms with Gasteiger partial charge in [-0.15, -0.1) is 13.2 Å². The Morgan fingerprint density at radius 3 is 2.20 bits per heavy atom. The summed E-state index contributed by atoms with van der Waals surface area (Å²) in [6, 6.07) is 22.0. The van der Waals surface area contributed by atoms with Crippen LogP contribution in [0, 0.1) is 6.92 Å². The molecule has 0 amide bonds. The summed E-state index contributed by atoms with van der Waals surface area (Å²) >= 11 is 1.47. The molecule has 0 saturated heterocycles. The standard InChI is InChI=1S/C26H23F3N4OS/c1-18-3-13-23(14-4-18)35-32-25-24(30-15-16-31-25)20-7-5-19(6-8-20)17-33(2)21-9-11-22(12-10-21)34-26(27,28)29/h3-16H,17H2,1-2H3,(H,31,32). The molecule has 0 spiro atoms. The van der Waals surface area contributed by atoms with Gasteiger partial charge in [0.25, 0.3) is 0 Å². The Labute approximate surface area is 206 Å². The van der Waals surface area contributed by atoms with Gasteiger partial charge >= 0.3 is 6.36 Å². The highest BCUT2D eigenvalue weighted by Crippen LogP contribution is 2.29. The average Bonchev–Trinajstić information content (AvgIpc) is 2.84. The summed E-state index contributed by atoms with van der Waals surface area (Å²) < 4.78 is 44.3. The molecule has 5 nitrogen and oxygen atoms in total. The second-order valence-corrected chi connectivity index (χ2v) is 8.75. The first kappa shape index (κ1) is 24.4. The fourth-order valence-corrected chi connectivity index (χ4v) is 4.01. The van der Waals surface area contributed by atoms with Gasteiger partial charge in [0.2, 0.25) is 0 Å². The molecule has 1 aromatic heterocycles. The lowest BCUT2D eigenvalue weighted by Crippen LogP contribution is -2.18. The zero-order valence-electron chi connectivity index (χ0n) is 19.1. The van der Waals surface area contributed by atoms with E-state index in [1.54, 1.807) is 24.5 Å². The molecule has 0 aliphatic carbocycles. The van der Waals surface area contributed by atoms with Crippen LogP contribution in [0.5, 0.6) is 5.75 Å². The van der Waals surface area contributed by atoms with E-state index in [0.717, 1.165) is 27.4 Å². The molecule has 9 heteroatoms. The Morgan fingerprint density at radius 2 is 1.54 bits per heavy atom. The van der Waals surface area contributed by atoms with Crippen molar-refractivity contribution in [2.45, 2.75) is 24.7 Å². The lowest BCUT2D eigenvalue weighted by molar-refractivity contribution is -0.274. The number of hydrogen-bond acceptors (Lipinski definition) is 6.